The number of aromatic nitrogens is 3. The quantitative estimate of drug-likeness (QED) is 0.559. The molecule has 0 amide bonds. The molecule has 0 saturated carbocycles. The molecule has 3 nitrogen and oxygen atoms in total. The van der Waals surface area contributed by atoms with Crippen LogP contribution in [0.5, 0.6) is 0 Å². The van der Waals surface area contributed by atoms with Crippen LogP contribution in [-0.2, 0) is 0 Å². The van der Waals surface area contributed by atoms with E-state index < -0.39 is 0 Å². The number of hydrogen-bond acceptors (Lipinski definition) is 2. The summed E-state index contributed by atoms with van der Waals surface area (Å²) in [6.07, 6.45) is 3.49. The van der Waals surface area contributed by atoms with E-state index in [0.717, 1.165) is 5.69 Å². The fraction of sp³-hybridized carbons (Fsp3) is 0.143. The summed E-state index contributed by atoms with van der Waals surface area (Å²) in [5.41, 5.74) is 0.922. The molecule has 0 saturated heterocycles. The molecule has 4 heteroatoms. The number of imidazole rings is 1. The summed E-state index contributed by atoms with van der Waals surface area (Å²) >= 11 is 5.85. The lowest BCUT2D eigenvalue weighted by Gasteiger charge is -1.92. The maximum absolute atomic E-state index is 5.85. The first-order chi connectivity index (χ1) is 5.27. The van der Waals surface area contributed by atoms with E-state index in [1.807, 2.05) is 13.1 Å². The van der Waals surface area contributed by atoms with Crippen LogP contribution in [0, 0.1) is 6.92 Å². The molecule has 0 radical (unpaired) electrons. The Kier molecular flexibility index (Phi) is 1.32. The van der Waals surface area contributed by atoms with Crippen molar-refractivity contribution in [1.82, 2.24) is 14.4 Å². The van der Waals surface area contributed by atoms with Gasteiger partial charge in [-0.1, -0.05) is 11.6 Å². The van der Waals surface area contributed by atoms with E-state index in [4.69, 9.17) is 11.6 Å². The molecule has 0 unspecified atom stereocenters. The lowest BCUT2D eigenvalue weighted by molar-refractivity contribution is 1.11. The average Bonchev–Trinajstić information content (AvgIpc) is 2.31. The van der Waals surface area contributed by atoms with Crippen LogP contribution in [0.15, 0.2) is 18.5 Å². The van der Waals surface area contributed by atoms with E-state index in [1.54, 1.807) is 16.7 Å². The van der Waals surface area contributed by atoms with Crippen molar-refractivity contribution in [2.45, 2.75) is 6.92 Å². The Labute approximate surface area is 68.7 Å². The molecule has 0 fully saturated rings. The number of halogens is 1. The first-order valence-corrected chi connectivity index (χ1v) is 3.61. The Hall–Kier alpha value is -1.09. The maximum atomic E-state index is 5.85. The fourth-order valence-corrected chi connectivity index (χ4v) is 1.16. The van der Waals surface area contributed by atoms with Crippen LogP contribution in [0.25, 0.3) is 5.78 Å². The highest BCUT2D eigenvalue weighted by molar-refractivity contribution is 6.29. The van der Waals surface area contributed by atoms with Gasteiger partial charge in [0.25, 0.3) is 0 Å². The highest BCUT2D eigenvalue weighted by atomic mass is 35.5. The summed E-state index contributed by atoms with van der Waals surface area (Å²) in [4.78, 5) is 8.17. The van der Waals surface area contributed by atoms with Crippen LogP contribution in [0.4, 0.5) is 0 Å². The van der Waals surface area contributed by atoms with Gasteiger partial charge in [0.05, 0.1) is 5.69 Å². The molecule has 11 heavy (non-hydrogen) atoms. The van der Waals surface area contributed by atoms with Crippen molar-refractivity contribution in [3.05, 3.63) is 29.3 Å². The molecule has 0 aromatic carbocycles. The van der Waals surface area contributed by atoms with E-state index in [1.165, 1.54) is 0 Å². The Morgan fingerprint density at radius 2 is 2.36 bits per heavy atom. The normalized spacial score (nSPS) is 10.7. The number of rotatable bonds is 0. The van der Waals surface area contributed by atoms with Gasteiger partial charge in [-0.3, -0.25) is 4.40 Å². The number of hydrogen-bond donors (Lipinski definition) is 0. The molecule has 0 aliphatic rings. The highest BCUT2D eigenvalue weighted by Gasteiger charge is 1.99. The summed E-state index contributed by atoms with van der Waals surface area (Å²) in [6, 6.07) is 1.73. The molecule has 2 heterocycles. The zero-order valence-corrected chi connectivity index (χ0v) is 6.71. The third-order valence-corrected chi connectivity index (χ3v) is 1.75. The van der Waals surface area contributed by atoms with Gasteiger partial charge in [-0.15, -0.1) is 0 Å². The van der Waals surface area contributed by atoms with E-state index in [9.17, 15) is 0 Å². The smallest absolute Gasteiger partial charge is 0.235 e. The summed E-state index contributed by atoms with van der Waals surface area (Å²) in [5.74, 6) is 0.648. The van der Waals surface area contributed by atoms with Gasteiger partial charge in [-0.25, -0.2) is 9.97 Å². The number of fused-ring (bicyclic) bond motifs is 1. The molecule has 0 aliphatic carbocycles. The zero-order chi connectivity index (χ0) is 7.84. The van der Waals surface area contributed by atoms with Crippen LogP contribution in [0.1, 0.15) is 5.69 Å². The van der Waals surface area contributed by atoms with Gasteiger partial charge in [0.2, 0.25) is 5.78 Å². The minimum atomic E-state index is 0.635. The van der Waals surface area contributed by atoms with Crippen molar-refractivity contribution in [1.29, 1.82) is 0 Å². The molecule has 2 aromatic rings. The summed E-state index contributed by atoms with van der Waals surface area (Å²) in [7, 11) is 0. The van der Waals surface area contributed by atoms with Crippen LogP contribution in [-0.4, -0.2) is 14.4 Å². The molecule has 0 aliphatic heterocycles. The Balaban J connectivity index is 2.90. The van der Waals surface area contributed by atoms with E-state index in [0.29, 0.717) is 10.9 Å². The second kappa shape index (κ2) is 2.20. The van der Waals surface area contributed by atoms with Crippen molar-refractivity contribution in [2.75, 3.05) is 0 Å². The molecule has 0 N–H and O–H groups in total. The molecular weight excluding hydrogens is 162 g/mol. The third kappa shape index (κ3) is 0.973. The van der Waals surface area contributed by atoms with Gasteiger partial charge < -0.3 is 0 Å². The Morgan fingerprint density at radius 3 is 3.09 bits per heavy atom. The fourth-order valence-electron chi connectivity index (χ4n) is 0.979. The minimum Gasteiger partial charge on any atom is -0.274 e. The van der Waals surface area contributed by atoms with Gasteiger partial charge in [-0.2, -0.15) is 0 Å². The van der Waals surface area contributed by atoms with E-state index in [-0.39, 0.29) is 0 Å². The topological polar surface area (TPSA) is 30.2 Å². The van der Waals surface area contributed by atoms with Crippen molar-refractivity contribution in [3.63, 3.8) is 0 Å². The monoisotopic (exact) mass is 167 g/mol. The second-order valence-corrected chi connectivity index (χ2v) is 2.71. The largest absolute Gasteiger partial charge is 0.274 e. The molecule has 0 spiro atoms. The standard InChI is InChI=1S/C7H6ClN3/c1-5-4-11-6(8)2-3-9-7(11)10-5/h2-4H,1H3. The van der Waals surface area contributed by atoms with Crippen molar-refractivity contribution >= 4 is 17.4 Å². The van der Waals surface area contributed by atoms with E-state index in [2.05, 4.69) is 9.97 Å². The van der Waals surface area contributed by atoms with E-state index >= 15 is 0 Å². The lowest BCUT2D eigenvalue weighted by atomic mass is 10.6. The van der Waals surface area contributed by atoms with Crippen molar-refractivity contribution in [3.8, 4) is 0 Å². The van der Waals surface area contributed by atoms with Gasteiger partial charge >= 0.3 is 0 Å². The van der Waals surface area contributed by atoms with Gasteiger partial charge in [0, 0.05) is 12.4 Å². The lowest BCUT2D eigenvalue weighted by Crippen LogP contribution is -1.86. The zero-order valence-electron chi connectivity index (χ0n) is 5.95. The van der Waals surface area contributed by atoms with Gasteiger partial charge in [-0.05, 0) is 13.0 Å². The highest BCUT2D eigenvalue weighted by Crippen LogP contribution is 2.09. The van der Waals surface area contributed by atoms with Gasteiger partial charge in [0.1, 0.15) is 5.15 Å². The first-order valence-electron chi connectivity index (χ1n) is 3.23. The first kappa shape index (κ1) is 6.61. The molecular formula is C7H6ClN3. The maximum Gasteiger partial charge on any atom is 0.235 e. The number of nitrogens with zero attached hydrogens (tertiary/aromatic N) is 3. The summed E-state index contributed by atoms with van der Waals surface area (Å²) in [6.45, 7) is 1.91. The molecule has 56 valence electrons. The molecule has 0 bridgehead atoms. The molecule has 0 atom stereocenters. The second-order valence-electron chi connectivity index (χ2n) is 2.32. The van der Waals surface area contributed by atoms with Crippen LogP contribution >= 0.6 is 11.6 Å². The molecule has 2 aromatic heterocycles. The Bertz CT molecular complexity index is 393. The van der Waals surface area contributed by atoms with Crippen molar-refractivity contribution in [2.24, 2.45) is 0 Å². The summed E-state index contributed by atoms with van der Waals surface area (Å²) in [5, 5.41) is 0.635. The average molecular weight is 168 g/mol. The Morgan fingerprint density at radius 1 is 1.55 bits per heavy atom. The van der Waals surface area contributed by atoms with Crippen LogP contribution in [0.3, 0.4) is 0 Å². The minimum absolute atomic E-state index is 0.635. The van der Waals surface area contributed by atoms with Crippen LogP contribution in [0.2, 0.25) is 5.15 Å². The third-order valence-electron chi connectivity index (χ3n) is 1.44. The van der Waals surface area contributed by atoms with Crippen LogP contribution < -0.4 is 0 Å². The molecule has 2 rings (SSSR count). The van der Waals surface area contributed by atoms with Gasteiger partial charge in [0.15, 0.2) is 0 Å². The number of aryl methyl sites for hydroxylation is 1. The SMILES string of the molecule is Cc1cn2c(Cl)ccnc2n1. The predicted octanol–water partition coefficient (Wildman–Crippen LogP) is 1.69. The predicted molar refractivity (Wildman–Crippen MR) is 42.7 cm³/mol. The summed E-state index contributed by atoms with van der Waals surface area (Å²) < 4.78 is 1.75. The van der Waals surface area contributed by atoms with Crippen molar-refractivity contribution < 1.29 is 0 Å².